The average Bonchev–Trinajstić information content (AvgIpc) is 0.823. The molecule has 0 saturated carbocycles. The summed E-state index contributed by atoms with van der Waals surface area (Å²) in [5.74, 6) is -15.1. The summed E-state index contributed by atoms with van der Waals surface area (Å²) >= 11 is 23.0. The monoisotopic (exact) mass is 1770 g/mol. The van der Waals surface area contributed by atoms with Crippen LogP contribution in [0.25, 0.3) is 0 Å². The van der Waals surface area contributed by atoms with Crippen LogP contribution in [0.15, 0.2) is 229 Å². The van der Waals surface area contributed by atoms with Crippen molar-refractivity contribution in [3.8, 4) is 0 Å². The van der Waals surface area contributed by atoms with Gasteiger partial charge in [0.05, 0.1) is 65.1 Å². The van der Waals surface area contributed by atoms with E-state index in [1.807, 2.05) is 0 Å². The van der Waals surface area contributed by atoms with E-state index in [1.54, 1.807) is 43.3 Å². The SMILES string of the molecule is CN(C)C(=N)c1ccc(C(=O)Nc2cc(F)c(F)cc2C(=O)Nc2ccc(Cl)cn2)cc1.CN=C(N)c1ccc(C(=O)Nc2cc(F)c(F)cc2C(=O)Nc2ccc(Cl)cn2)cc1.N=C(N)c1ccc(C(=O)Nc2cc(F)c(F)cc2C(=O)Nc2ccc(Cl)cn2)cc1.NC(=NO)c1ccc(C(=O)Nc2cc(F)c(F)cc2C(=O)Nc2ccc(Cl)cn2)cc1. The number of rotatable bonds is 20. The molecule has 12 aromatic rings. The van der Waals surface area contributed by atoms with Gasteiger partial charge in [0.15, 0.2) is 52.4 Å². The Balaban J connectivity index is 0.000000187. The van der Waals surface area contributed by atoms with Gasteiger partial charge in [0.1, 0.15) is 40.8 Å². The van der Waals surface area contributed by atoms with E-state index >= 15 is 0 Å². The van der Waals surface area contributed by atoms with Crippen LogP contribution in [0, 0.1) is 57.4 Å². The molecule has 8 aromatic carbocycles. The third kappa shape index (κ3) is 25.2. The summed E-state index contributed by atoms with van der Waals surface area (Å²) in [4.78, 5) is 122. The topological polar surface area (TPSA) is 458 Å². The molecule has 0 unspecified atom stereocenters. The van der Waals surface area contributed by atoms with Crippen molar-refractivity contribution in [1.82, 2.24) is 24.8 Å². The number of nitrogens with zero attached hydrogens (tertiary/aromatic N) is 7. The number of carbonyl (C=O) groups is 8. The van der Waals surface area contributed by atoms with Gasteiger partial charge in [0.25, 0.3) is 47.3 Å². The zero-order valence-corrected chi connectivity index (χ0v) is 66.9. The van der Waals surface area contributed by atoms with Crippen LogP contribution < -0.4 is 59.7 Å². The number of aliphatic imine (C=N–C) groups is 1. The van der Waals surface area contributed by atoms with Crippen molar-refractivity contribution < 1.29 is 78.7 Å². The van der Waals surface area contributed by atoms with Crippen LogP contribution in [0.4, 0.5) is 81.1 Å². The lowest BCUT2D eigenvalue weighted by atomic mass is 10.1. The second-order valence-electron chi connectivity index (χ2n) is 25.4. The van der Waals surface area contributed by atoms with Gasteiger partial charge in [-0.05, 0) is 121 Å². The molecule has 0 atom stereocenters. The summed E-state index contributed by atoms with van der Waals surface area (Å²) in [5, 5.41) is 47.6. The van der Waals surface area contributed by atoms with E-state index in [0.717, 1.165) is 12.1 Å². The summed E-state index contributed by atoms with van der Waals surface area (Å²) in [7, 11) is 4.97. The fourth-order valence-corrected chi connectivity index (χ4v) is 10.7. The van der Waals surface area contributed by atoms with E-state index < -0.39 is 93.8 Å². The van der Waals surface area contributed by atoms with Crippen molar-refractivity contribution in [2.45, 2.75) is 0 Å². The molecule has 12 rings (SSSR count). The molecule has 8 amide bonds. The lowest BCUT2D eigenvalue weighted by Gasteiger charge is -2.14. The number of halogens is 12. The number of hydrogen-bond acceptors (Lipinski definition) is 17. The number of carbonyl (C=O) groups excluding carboxylic acids is 8. The van der Waals surface area contributed by atoms with Gasteiger partial charge in [-0.3, -0.25) is 54.2 Å². The van der Waals surface area contributed by atoms with Gasteiger partial charge >= 0.3 is 0 Å². The van der Waals surface area contributed by atoms with Crippen LogP contribution in [-0.4, -0.2) is 122 Å². The standard InChI is InChI=1S/C22H18ClF2N5O2.C21H16ClF2N5O2.C20H14ClF2N5O3.C20H14ClF2N5O2/c1-30(2)20(26)12-3-5-13(6-4-12)21(31)28-18-10-17(25)16(24)9-15(18)22(32)29-19-8-7-14(23)11-27-19;1-26-19(25)11-2-4-12(5-3-11)20(30)28-17-9-16(24)15(23)8-14(17)21(31)29-18-7-6-13(22)10-27-18;21-12-5-6-17(25-9-12)27-20(30)13-7-14(22)15(23)8-16(13)26-19(29)11-3-1-10(2-4-11)18(24)28-31;21-12-5-6-17(26-9-12)28-20(30)13-7-14(22)15(23)8-16(13)27-19(29)11-3-1-10(2-4-11)18(24)25/h3-11,26H,1-2H3,(H,28,31)(H,27,29,32);2-10H,1H3,(H2,25,26)(H,28,30)(H,27,29,31);1-9,31H,(H2,24,28)(H,26,29)(H,25,27,30);1-9H,(H3,24,25)(H,27,29)(H,26,28,30). The van der Waals surface area contributed by atoms with Crippen LogP contribution in [0.3, 0.4) is 0 Å². The van der Waals surface area contributed by atoms with E-state index in [9.17, 15) is 73.5 Å². The second-order valence-corrected chi connectivity index (χ2v) is 27.1. The molecule has 124 heavy (non-hydrogen) atoms. The number of amidine groups is 4. The third-order valence-electron chi connectivity index (χ3n) is 16.6. The Hall–Kier alpha value is -15.6. The molecule has 632 valence electrons. The molecular formula is C83H62Cl4F8N20O9. The van der Waals surface area contributed by atoms with E-state index in [0.29, 0.717) is 84.6 Å². The fourth-order valence-electron chi connectivity index (χ4n) is 10.3. The van der Waals surface area contributed by atoms with Crippen molar-refractivity contribution in [3.63, 3.8) is 0 Å². The first-order valence-corrected chi connectivity index (χ1v) is 36.6. The van der Waals surface area contributed by atoms with E-state index in [4.69, 9.17) is 79.6 Å². The fraction of sp³-hybridized carbons (Fsp3) is 0.0361. The Morgan fingerprint density at radius 1 is 0.323 bits per heavy atom. The predicted octanol–water partition coefficient (Wildman–Crippen LogP) is 15.7. The van der Waals surface area contributed by atoms with Gasteiger partial charge in [-0.1, -0.05) is 100 Å². The largest absolute Gasteiger partial charge is 0.409 e. The maximum absolute atomic E-state index is 13.9. The lowest BCUT2D eigenvalue weighted by molar-refractivity contribution is 0.101. The van der Waals surface area contributed by atoms with E-state index in [-0.39, 0.29) is 108 Å². The van der Waals surface area contributed by atoms with E-state index in [1.165, 1.54) is 153 Å². The Bertz CT molecular complexity index is 5950. The summed E-state index contributed by atoms with van der Waals surface area (Å²) in [6.45, 7) is 0. The second kappa shape index (κ2) is 42.4. The minimum absolute atomic E-state index is 0.120. The molecule has 0 spiro atoms. The number of nitrogen functional groups attached to an aromatic ring is 1. The first-order chi connectivity index (χ1) is 58.9. The average molecular weight is 1780 g/mol. The molecule has 4 aromatic heterocycles. The van der Waals surface area contributed by atoms with Crippen LogP contribution in [0.2, 0.25) is 20.1 Å². The molecule has 17 N–H and O–H groups in total. The number of hydrogen-bond donors (Lipinski definition) is 14. The number of nitrogens with two attached hydrogens (primary N) is 3. The number of nitrogens with one attached hydrogen (secondary N) is 10. The molecule has 0 saturated heterocycles. The minimum Gasteiger partial charge on any atom is -0.409 e. The molecule has 0 bridgehead atoms. The summed E-state index contributed by atoms with van der Waals surface area (Å²) < 4.78 is 110. The highest BCUT2D eigenvalue weighted by Crippen LogP contribution is 2.29. The Morgan fingerprint density at radius 2 is 0.540 bits per heavy atom. The van der Waals surface area contributed by atoms with Crippen LogP contribution in [0.5, 0.6) is 0 Å². The maximum Gasteiger partial charge on any atom is 0.259 e. The van der Waals surface area contributed by atoms with E-state index in [2.05, 4.69) is 72.6 Å². The van der Waals surface area contributed by atoms with Gasteiger partial charge in [0, 0.05) is 115 Å². The molecule has 0 aliphatic carbocycles. The lowest BCUT2D eigenvalue weighted by Crippen LogP contribution is -2.22. The van der Waals surface area contributed by atoms with Crippen molar-refractivity contribution in [2.24, 2.45) is 27.3 Å². The van der Waals surface area contributed by atoms with Crippen molar-refractivity contribution in [3.05, 3.63) is 352 Å². The maximum atomic E-state index is 13.9. The normalized spacial score (nSPS) is 10.8. The first-order valence-electron chi connectivity index (χ1n) is 35.1. The summed E-state index contributed by atoms with van der Waals surface area (Å²) in [6, 6.07) is 40.9. The Labute approximate surface area is 716 Å². The van der Waals surface area contributed by atoms with Gasteiger partial charge in [-0.2, -0.15) is 0 Å². The smallest absolute Gasteiger partial charge is 0.259 e. The highest BCUT2D eigenvalue weighted by molar-refractivity contribution is 6.31. The molecule has 0 aliphatic rings. The van der Waals surface area contributed by atoms with Gasteiger partial charge in [-0.15, -0.1) is 0 Å². The van der Waals surface area contributed by atoms with Crippen molar-refractivity contribution >= 4 is 163 Å². The summed E-state index contributed by atoms with van der Waals surface area (Å²) in [5.41, 5.74) is 17.1. The van der Waals surface area contributed by atoms with Crippen LogP contribution in [0.1, 0.15) is 105 Å². The molecular weight excluding hydrogens is 1710 g/mol. The zero-order valence-electron chi connectivity index (χ0n) is 63.9. The zero-order chi connectivity index (χ0) is 90.3. The number of oxime groups is 1. The van der Waals surface area contributed by atoms with Crippen LogP contribution in [-0.2, 0) is 0 Å². The highest BCUT2D eigenvalue weighted by Gasteiger charge is 2.25. The summed E-state index contributed by atoms with van der Waals surface area (Å²) in [6.07, 6.45) is 5.22. The Morgan fingerprint density at radius 3 is 0.750 bits per heavy atom. The number of anilines is 8. The third-order valence-corrected chi connectivity index (χ3v) is 17.5. The number of pyridine rings is 4. The van der Waals surface area contributed by atoms with Crippen molar-refractivity contribution in [1.29, 1.82) is 10.8 Å². The number of benzene rings is 8. The molecule has 0 radical (unpaired) electrons. The quantitative estimate of drug-likeness (QED) is 0.0111. The van der Waals surface area contributed by atoms with Gasteiger partial charge < -0.3 is 69.8 Å². The van der Waals surface area contributed by atoms with Crippen molar-refractivity contribution in [2.75, 3.05) is 63.7 Å². The van der Waals surface area contributed by atoms with Gasteiger partial charge in [-0.25, -0.2) is 55.1 Å². The Kier molecular flexibility index (Phi) is 31.5. The minimum atomic E-state index is -1.27. The predicted molar refractivity (Wildman–Crippen MR) is 453 cm³/mol. The first kappa shape index (κ1) is 92.3. The van der Waals surface area contributed by atoms with Crippen LogP contribution >= 0.6 is 46.4 Å². The molecule has 0 fully saturated rings. The van der Waals surface area contributed by atoms with Gasteiger partial charge in [0.2, 0.25) is 0 Å². The highest BCUT2D eigenvalue weighted by atomic mass is 35.5. The molecule has 4 heterocycles. The molecule has 41 heteroatoms. The molecule has 0 aliphatic heterocycles. The number of amides is 8. The molecule has 29 nitrogen and oxygen atoms in total. The number of aromatic nitrogens is 4.